The predicted molar refractivity (Wildman–Crippen MR) is 131 cm³/mol. The van der Waals surface area contributed by atoms with Gasteiger partial charge in [-0.25, -0.2) is 4.79 Å². The molecule has 4 rings (SSSR count). The van der Waals surface area contributed by atoms with Crippen LogP contribution in [-0.4, -0.2) is 49.8 Å². The van der Waals surface area contributed by atoms with Crippen molar-refractivity contribution in [2.75, 3.05) is 13.2 Å². The molecule has 0 spiro atoms. The number of aromatic nitrogens is 2. The Bertz CT molecular complexity index is 1220. The minimum Gasteiger partial charge on any atom is -0.478 e. The number of aryl methyl sites for hydroxylation is 1. The summed E-state index contributed by atoms with van der Waals surface area (Å²) in [6, 6.07) is 14.0. The molecule has 0 unspecified atom stereocenters. The molecule has 3 aromatic rings. The standard InChI is InChI=1S/C25H26N4O4S/c1-4-33-21(30)14-28-23(22(27-25(28)34)20-7-5-6-12-26-20)19-13-15(2)29(16(19)3)18-10-8-17(9-11-18)24(31)32/h5-13,22-23H,4,14H2,1-3H3,(H,27,34)(H,31,32)/t22-,23+/m1/s1. The third-order valence-corrected chi connectivity index (χ3v) is 6.32. The van der Waals surface area contributed by atoms with Gasteiger partial charge in [-0.05, 0) is 81.0 Å². The van der Waals surface area contributed by atoms with Crippen molar-refractivity contribution in [3.63, 3.8) is 0 Å². The highest BCUT2D eigenvalue weighted by Crippen LogP contribution is 2.41. The minimum atomic E-state index is -0.966. The van der Waals surface area contributed by atoms with E-state index in [-0.39, 0.29) is 30.2 Å². The topological polar surface area (TPSA) is 96.7 Å². The van der Waals surface area contributed by atoms with Crippen molar-refractivity contribution in [2.45, 2.75) is 32.9 Å². The molecule has 2 atom stereocenters. The summed E-state index contributed by atoms with van der Waals surface area (Å²) in [5.41, 5.74) is 4.83. The lowest BCUT2D eigenvalue weighted by molar-refractivity contribution is -0.143. The van der Waals surface area contributed by atoms with E-state index in [9.17, 15) is 14.7 Å². The summed E-state index contributed by atoms with van der Waals surface area (Å²) in [4.78, 5) is 30.1. The van der Waals surface area contributed by atoms with Crippen molar-refractivity contribution < 1.29 is 19.4 Å². The number of hydrogen-bond donors (Lipinski definition) is 2. The van der Waals surface area contributed by atoms with Crippen LogP contribution in [0.1, 0.15) is 52.0 Å². The van der Waals surface area contributed by atoms with E-state index >= 15 is 0 Å². The molecule has 0 saturated carbocycles. The second kappa shape index (κ2) is 9.64. The zero-order valence-electron chi connectivity index (χ0n) is 19.2. The van der Waals surface area contributed by atoms with Crippen LogP contribution < -0.4 is 5.32 Å². The molecule has 1 aromatic carbocycles. The van der Waals surface area contributed by atoms with Crippen LogP contribution in [0.4, 0.5) is 0 Å². The Morgan fingerprint density at radius 1 is 1.18 bits per heavy atom. The molecule has 0 amide bonds. The Morgan fingerprint density at radius 3 is 2.53 bits per heavy atom. The SMILES string of the molecule is CCOC(=O)CN1C(=S)N[C@H](c2ccccn2)[C@@H]1c1cc(C)n(-c2ccc(C(=O)O)cc2)c1C. The van der Waals surface area contributed by atoms with Gasteiger partial charge in [0.15, 0.2) is 5.11 Å². The van der Waals surface area contributed by atoms with Crippen LogP contribution in [-0.2, 0) is 9.53 Å². The molecule has 0 bridgehead atoms. The molecule has 2 N–H and O–H groups in total. The number of hydrogen-bond acceptors (Lipinski definition) is 5. The summed E-state index contributed by atoms with van der Waals surface area (Å²) in [6.07, 6.45) is 1.73. The maximum atomic E-state index is 12.4. The summed E-state index contributed by atoms with van der Waals surface area (Å²) in [5.74, 6) is -1.32. The number of carboxylic acids is 1. The highest BCUT2D eigenvalue weighted by molar-refractivity contribution is 7.80. The molecule has 3 heterocycles. The van der Waals surface area contributed by atoms with E-state index in [1.165, 1.54) is 0 Å². The number of carbonyl (C=O) groups is 2. The van der Waals surface area contributed by atoms with E-state index in [1.807, 2.05) is 36.9 Å². The van der Waals surface area contributed by atoms with Gasteiger partial charge in [-0.15, -0.1) is 0 Å². The Hall–Kier alpha value is -3.72. The number of esters is 1. The average Bonchev–Trinajstić information content (AvgIpc) is 3.29. The minimum absolute atomic E-state index is 0.0185. The first-order valence-electron chi connectivity index (χ1n) is 11.0. The van der Waals surface area contributed by atoms with Gasteiger partial charge in [0.1, 0.15) is 6.54 Å². The van der Waals surface area contributed by atoms with Crippen LogP contribution in [0.3, 0.4) is 0 Å². The Morgan fingerprint density at radius 2 is 1.91 bits per heavy atom. The summed E-state index contributed by atoms with van der Waals surface area (Å²) in [7, 11) is 0. The van der Waals surface area contributed by atoms with E-state index < -0.39 is 5.97 Å². The number of carboxylic acid groups (broad SMARTS) is 1. The Balaban J connectivity index is 1.79. The molecular weight excluding hydrogens is 452 g/mol. The molecule has 1 fully saturated rings. The van der Waals surface area contributed by atoms with E-state index in [2.05, 4.69) is 20.9 Å². The molecule has 2 aromatic heterocycles. The third kappa shape index (κ3) is 4.38. The molecule has 34 heavy (non-hydrogen) atoms. The molecule has 0 radical (unpaired) electrons. The molecule has 0 aliphatic carbocycles. The van der Waals surface area contributed by atoms with Gasteiger partial charge in [-0.2, -0.15) is 0 Å². The Labute approximate surface area is 203 Å². The summed E-state index contributed by atoms with van der Waals surface area (Å²) in [6.45, 7) is 6.09. The molecular formula is C25H26N4O4S. The van der Waals surface area contributed by atoms with Crippen molar-refractivity contribution in [1.29, 1.82) is 0 Å². The molecule has 9 heteroatoms. The van der Waals surface area contributed by atoms with Crippen LogP contribution in [0.5, 0.6) is 0 Å². The lowest BCUT2D eigenvalue weighted by atomic mass is 9.97. The number of ether oxygens (including phenoxy) is 1. The fourth-order valence-corrected chi connectivity index (χ4v) is 4.80. The van der Waals surface area contributed by atoms with Crippen molar-refractivity contribution in [2.24, 2.45) is 0 Å². The summed E-state index contributed by atoms with van der Waals surface area (Å²) in [5, 5.41) is 13.0. The molecule has 1 aliphatic rings. The maximum Gasteiger partial charge on any atom is 0.335 e. The largest absolute Gasteiger partial charge is 0.478 e. The lowest BCUT2D eigenvalue weighted by Crippen LogP contribution is -2.35. The summed E-state index contributed by atoms with van der Waals surface area (Å²) < 4.78 is 7.27. The number of nitrogens with zero attached hydrogens (tertiary/aromatic N) is 3. The van der Waals surface area contributed by atoms with Gasteiger partial charge < -0.3 is 24.6 Å². The van der Waals surface area contributed by atoms with Crippen molar-refractivity contribution >= 4 is 29.3 Å². The monoisotopic (exact) mass is 478 g/mol. The van der Waals surface area contributed by atoms with Crippen molar-refractivity contribution in [1.82, 2.24) is 19.8 Å². The maximum absolute atomic E-state index is 12.4. The van der Waals surface area contributed by atoms with Crippen LogP contribution >= 0.6 is 12.2 Å². The summed E-state index contributed by atoms with van der Waals surface area (Å²) >= 11 is 5.63. The number of nitrogens with one attached hydrogen (secondary N) is 1. The van der Waals surface area contributed by atoms with Crippen molar-refractivity contribution in [3.05, 3.63) is 82.9 Å². The highest BCUT2D eigenvalue weighted by Gasteiger charge is 2.42. The average molecular weight is 479 g/mol. The highest BCUT2D eigenvalue weighted by atomic mass is 32.1. The van der Waals surface area contributed by atoms with Gasteiger partial charge in [0.05, 0.1) is 29.9 Å². The third-order valence-electron chi connectivity index (χ3n) is 5.96. The van der Waals surface area contributed by atoms with E-state index in [1.54, 1.807) is 37.4 Å². The zero-order valence-corrected chi connectivity index (χ0v) is 20.0. The van der Waals surface area contributed by atoms with Gasteiger partial charge in [0, 0.05) is 23.3 Å². The first kappa shape index (κ1) is 23.4. The van der Waals surface area contributed by atoms with Gasteiger partial charge in [0.25, 0.3) is 0 Å². The Kier molecular flexibility index (Phi) is 6.65. The number of aromatic carboxylic acids is 1. The number of rotatable bonds is 7. The van der Waals surface area contributed by atoms with Gasteiger partial charge in [-0.3, -0.25) is 9.78 Å². The van der Waals surface area contributed by atoms with E-state index in [4.69, 9.17) is 17.0 Å². The van der Waals surface area contributed by atoms with Gasteiger partial charge >= 0.3 is 11.9 Å². The van der Waals surface area contributed by atoms with Crippen LogP contribution in [0.2, 0.25) is 0 Å². The fourth-order valence-electron chi connectivity index (χ4n) is 4.50. The molecule has 8 nitrogen and oxygen atoms in total. The predicted octanol–water partition coefficient (Wildman–Crippen LogP) is 3.72. The first-order valence-corrected chi connectivity index (χ1v) is 11.4. The lowest BCUT2D eigenvalue weighted by Gasteiger charge is -2.27. The van der Waals surface area contributed by atoms with E-state index in [0.717, 1.165) is 28.3 Å². The molecule has 1 saturated heterocycles. The van der Waals surface area contributed by atoms with Gasteiger partial charge in [-0.1, -0.05) is 6.07 Å². The quantitative estimate of drug-likeness (QED) is 0.392. The fraction of sp³-hybridized carbons (Fsp3) is 0.280. The first-order chi connectivity index (χ1) is 16.3. The second-order valence-electron chi connectivity index (χ2n) is 8.07. The van der Waals surface area contributed by atoms with Gasteiger partial charge in [0.2, 0.25) is 0 Å². The zero-order chi connectivity index (χ0) is 24.4. The second-order valence-corrected chi connectivity index (χ2v) is 8.46. The normalized spacial score (nSPS) is 17.5. The number of thiocarbonyl (C=S) groups is 1. The van der Waals surface area contributed by atoms with Crippen LogP contribution in [0, 0.1) is 13.8 Å². The number of benzene rings is 1. The number of carbonyl (C=O) groups excluding carboxylic acids is 1. The van der Waals surface area contributed by atoms with Crippen molar-refractivity contribution in [3.8, 4) is 5.69 Å². The molecule has 1 aliphatic heterocycles. The van der Waals surface area contributed by atoms with Crippen LogP contribution in [0.15, 0.2) is 54.7 Å². The smallest absolute Gasteiger partial charge is 0.335 e. The van der Waals surface area contributed by atoms with E-state index in [0.29, 0.717) is 11.7 Å². The van der Waals surface area contributed by atoms with Crippen LogP contribution in [0.25, 0.3) is 5.69 Å². The molecule has 176 valence electrons. The number of pyridine rings is 1.